The van der Waals surface area contributed by atoms with Crippen molar-refractivity contribution in [1.29, 1.82) is 0 Å². The number of carbonyl (C=O) groups is 2. The molecular weight excluding hydrogens is 582 g/mol. The van der Waals surface area contributed by atoms with Gasteiger partial charge in [-0.15, -0.1) is 0 Å². The Morgan fingerprint density at radius 3 is 2.70 bits per heavy atom. The second-order valence-electron chi connectivity index (χ2n) is 11.9. The first-order valence-electron chi connectivity index (χ1n) is 15.8. The average molecular weight is 624 g/mol. The molecule has 5 heterocycles. The Balaban J connectivity index is 1.04. The molecule has 3 aromatic heterocycles. The van der Waals surface area contributed by atoms with E-state index in [-0.39, 0.29) is 11.8 Å². The van der Waals surface area contributed by atoms with Gasteiger partial charge in [0.25, 0.3) is 5.91 Å². The molecule has 6 rings (SSSR count). The lowest BCUT2D eigenvalue weighted by Gasteiger charge is -2.33. The lowest BCUT2D eigenvalue weighted by Crippen LogP contribution is -2.45. The summed E-state index contributed by atoms with van der Waals surface area (Å²) >= 11 is 0. The van der Waals surface area contributed by atoms with Gasteiger partial charge in [-0.1, -0.05) is 18.2 Å². The van der Waals surface area contributed by atoms with Crippen LogP contribution in [-0.4, -0.2) is 108 Å². The number of nitrogens with one attached hydrogen (secondary N) is 3. The summed E-state index contributed by atoms with van der Waals surface area (Å²) in [7, 11) is 3.49. The number of piperidine rings is 1. The lowest BCUT2D eigenvalue weighted by molar-refractivity contribution is -0.123. The molecule has 0 bridgehead atoms. The molecule has 2 aliphatic heterocycles. The number of amides is 2. The van der Waals surface area contributed by atoms with Gasteiger partial charge in [0, 0.05) is 76.5 Å². The third-order valence-electron chi connectivity index (χ3n) is 8.36. The number of aromatic amines is 1. The van der Waals surface area contributed by atoms with Gasteiger partial charge in [-0.3, -0.25) is 19.5 Å². The number of rotatable bonds is 10. The largest absolute Gasteiger partial charge is 0.378 e. The summed E-state index contributed by atoms with van der Waals surface area (Å²) in [5, 5.41) is 7.50. The lowest BCUT2D eigenvalue weighted by atomic mass is 10.0. The zero-order chi connectivity index (χ0) is 31.9. The molecule has 12 nitrogen and oxygen atoms in total. The minimum Gasteiger partial charge on any atom is -0.378 e. The fourth-order valence-electron chi connectivity index (χ4n) is 5.90. The third kappa shape index (κ3) is 7.76. The van der Waals surface area contributed by atoms with E-state index in [1.165, 1.54) is 0 Å². The summed E-state index contributed by atoms with van der Waals surface area (Å²) in [5.41, 5.74) is 4.83. The number of aromatic nitrogens is 4. The molecule has 2 amide bonds. The van der Waals surface area contributed by atoms with E-state index >= 15 is 0 Å². The van der Waals surface area contributed by atoms with Gasteiger partial charge in [-0.25, -0.2) is 9.97 Å². The van der Waals surface area contributed by atoms with Crippen molar-refractivity contribution in [3.05, 3.63) is 78.4 Å². The van der Waals surface area contributed by atoms with Crippen molar-refractivity contribution >= 4 is 34.4 Å². The highest BCUT2D eigenvalue weighted by Gasteiger charge is 2.20. The van der Waals surface area contributed by atoms with Gasteiger partial charge in [0.15, 0.2) is 0 Å². The van der Waals surface area contributed by atoms with Crippen molar-refractivity contribution in [3.63, 3.8) is 0 Å². The third-order valence-corrected chi connectivity index (χ3v) is 8.36. The zero-order valence-electron chi connectivity index (χ0n) is 26.4. The number of pyridine rings is 1. The Kier molecular flexibility index (Phi) is 9.97. The highest BCUT2D eigenvalue weighted by atomic mass is 16.5. The summed E-state index contributed by atoms with van der Waals surface area (Å²) in [6, 6.07) is 14.0. The van der Waals surface area contributed by atoms with Gasteiger partial charge in [0.05, 0.1) is 18.6 Å². The minimum atomic E-state index is -0.247. The first kappa shape index (κ1) is 31.3. The van der Waals surface area contributed by atoms with E-state index in [4.69, 9.17) is 4.74 Å². The summed E-state index contributed by atoms with van der Waals surface area (Å²) in [4.78, 5) is 47.8. The van der Waals surface area contributed by atoms with Crippen molar-refractivity contribution in [2.24, 2.45) is 0 Å². The molecule has 1 aromatic carbocycles. The fourth-order valence-corrected chi connectivity index (χ4v) is 5.90. The van der Waals surface area contributed by atoms with Crippen LogP contribution in [-0.2, 0) is 16.1 Å². The molecule has 0 unspecified atom stereocenters. The Hall–Kier alpha value is -4.65. The number of carbonyl (C=O) groups excluding carboxylic acids is 2. The SMILES string of the molecule is CN(C)C(=O)/C=C/CN[C@@H]1CCCN(Cc2ccnc(C(=O)Nc3ccc(-c4cc5c(N6CCOCC6)ncnc5[nH]4)cc3)c2)C1. The summed E-state index contributed by atoms with van der Waals surface area (Å²) in [6.07, 6.45) is 8.96. The van der Waals surface area contributed by atoms with Crippen molar-refractivity contribution < 1.29 is 14.3 Å². The second kappa shape index (κ2) is 14.6. The number of morpholine rings is 1. The first-order valence-corrected chi connectivity index (χ1v) is 15.8. The van der Waals surface area contributed by atoms with Crippen molar-refractivity contribution in [1.82, 2.24) is 35.1 Å². The van der Waals surface area contributed by atoms with Gasteiger partial charge in [0.1, 0.15) is 23.5 Å². The Morgan fingerprint density at radius 1 is 1.07 bits per heavy atom. The number of ether oxygens (including phenoxy) is 1. The van der Waals surface area contributed by atoms with Crippen LogP contribution in [0.3, 0.4) is 0 Å². The van der Waals surface area contributed by atoms with E-state index in [1.807, 2.05) is 42.5 Å². The van der Waals surface area contributed by atoms with Gasteiger partial charge in [-0.2, -0.15) is 0 Å². The van der Waals surface area contributed by atoms with Gasteiger partial charge in [-0.05, 0) is 60.8 Å². The van der Waals surface area contributed by atoms with Crippen LogP contribution in [0.4, 0.5) is 11.5 Å². The summed E-state index contributed by atoms with van der Waals surface area (Å²) < 4.78 is 5.50. The average Bonchev–Trinajstić information content (AvgIpc) is 3.52. The van der Waals surface area contributed by atoms with E-state index in [1.54, 1.807) is 37.6 Å². The zero-order valence-corrected chi connectivity index (χ0v) is 26.4. The molecule has 2 aliphatic rings. The molecule has 2 fully saturated rings. The number of hydrogen-bond donors (Lipinski definition) is 3. The van der Waals surface area contributed by atoms with E-state index in [0.29, 0.717) is 37.2 Å². The molecule has 240 valence electrons. The number of benzene rings is 1. The number of fused-ring (bicyclic) bond motifs is 1. The normalized spacial score (nSPS) is 17.4. The number of hydrogen-bond acceptors (Lipinski definition) is 9. The predicted molar refractivity (Wildman–Crippen MR) is 179 cm³/mol. The number of likely N-dealkylation sites (N-methyl/N-ethyl adjacent to an activating group) is 1. The number of likely N-dealkylation sites (tertiary alicyclic amines) is 1. The van der Waals surface area contributed by atoms with Gasteiger partial charge >= 0.3 is 0 Å². The van der Waals surface area contributed by atoms with Crippen LogP contribution >= 0.6 is 0 Å². The first-order chi connectivity index (χ1) is 22.4. The number of nitrogens with zero attached hydrogens (tertiary/aromatic N) is 6. The van der Waals surface area contributed by atoms with Crippen molar-refractivity contribution in [2.45, 2.75) is 25.4 Å². The molecule has 0 saturated carbocycles. The van der Waals surface area contributed by atoms with Crippen molar-refractivity contribution in [3.8, 4) is 11.3 Å². The fraction of sp³-hybridized carbons (Fsp3) is 0.382. The standard InChI is InChI=1S/C34H41N9O3/c1-41(2)31(44)6-3-12-35-27-5-4-14-42(22-27)21-24-11-13-36-30(19-24)34(45)39-26-9-7-25(8-10-26)29-20-28-32(40-29)37-23-38-33(28)43-15-17-46-18-16-43/h3,6-11,13,19-20,23,27,35H,4-5,12,14-18,21-22H2,1-2H3,(H,39,45)(H,37,38,40)/b6-3+/t27-/m1/s1. The summed E-state index contributed by atoms with van der Waals surface area (Å²) in [6.45, 7) is 6.29. The van der Waals surface area contributed by atoms with E-state index in [0.717, 1.165) is 79.2 Å². The summed E-state index contributed by atoms with van der Waals surface area (Å²) in [5.74, 6) is 0.650. The number of H-pyrrole nitrogens is 1. The van der Waals surface area contributed by atoms with Gasteiger partial charge in [0.2, 0.25) is 5.91 Å². The molecule has 4 aromatic rings. The molecule has 0 radical (unpaired) electrons. The highest BCUT2D eigenvalue weighted by molar-refractivity contribution is 6.03. The predicted octanol–water partition coefficient (Wildman–Crippen LogP) is 3.31. The topological polar surface area (TPSA) is 132 Å². The Bertz CT molecular complexity index is 1680. The van der Waals surface area contributed by atoms with Crippen LogP contribution in [0.2, 0.25) is 0 Å². The molecule has 2 saturated heterocycles. The molecular formula is C34H41N9O3. The minimum absolute atomic E-state index is 0.0129. The molecule has 1 atom stereocenters. The molecule has 0 aliphatic carbocycles. The second-order valence-corrected chi connectivity index (χ2v) is 11.9. The van der Waals surface area contributed by atoms with E-state index in [2.05, 4.69) is 46.4 Å². The van der Waals surface area contributed by atoms with E-state index < -0.39 is 0 Å². The van der Waals surface area contributed by atoms with Crippen LogP contribution in [0.1, 0.15) is 28.9 Å². The highest BCUT2D eigenvalue weighted by Crippen LogP contribution is 2.29. The van der Waals surface area contributed by atoms with Crippen LogP contribution < -0.4 is 15.5 Å². The molecule has 12 heteroatoms. The number of anilines is 2. The van der Waals surface area contributed by atoms with Crippen LogP contribution in [0.5, 0.6) is 0 Å². The molecule has 0 spiro atoms. The van der Waals surface area contributed by atoms with Gasteiger partial charge < -0.3 is 30.2 Å². The van der Waals surface area contributed by atoms with E-state index in [9.17, 15) is 9.59 Å². The quantitative estimate of drug-likeness (QED) is 0.228. The molecule has 3 N–H and O–H groups in total. The monoisotopic (exact) mass is 623 g/mol. The van der Waals surface area contributed by atoms with Crippen LogP contribution in [0, 0.1) is 0 Å². The maximum atomic E-state index is 13.1. The maximum Gasteiger partial charge on any atom is 0.274 e. The van der Waals surface area contributed by atoms with Crippen molar-refractivity contribution in [2.75, 3.05) is 70.2 Å². The Labute approximate surface area is 268 Å². The van der Waals surface area contributed by atoms with Crippen LogP contribution in [0.25, 0.3) is 22.3 Å². The van der Waals surface area contributed by atoms with Crippen LogP contribution in [0.15, 0.2) is 67.1 Å². The maximum absolute atomic E-state index is 13.1. The smallest absolute Gasteiger partial charge is 0.274 e. The Morgan fingerprint density at radius 2 is 1.89 bits per heavy atom. The molecule has 46 heavy (non-hydrogen) atoms.